The minimum atomic E-state index is -0.464. The third-order valence-corrected chi connectivity index (χ3v) is 2.98. The van der Waals surface area contributed by atoms with Crippen LogP contribution < -0.4 is 5.32 Å². The van der Waals surface area contributed by atoms with Crippen LogP contribution in [-0.2, 0) is 0 Å². The monoisotopic (exact) mass is 243 g/mol. The van der Waals surface area contributed by atoms with Gasteiger partial charge in [0, 0.05) is 12.1 Å². The molecular weight excluding hydrogens is 222 g/mol. The zero-order chi connectivity index (χ0) is 13.2. The normalized spacial score (nSPS) is 13.8. The molecule has 0 radical (unpaired) electrons. The van der Waals surface area contributed by atoms with Crippen LogP contribution in [0.3, 0.4) is 0 Å². The minimum absolute atomic E-state index is 0.0256. The van der Waals surface area contributed by atoms with Crippen molar-refractivity contribution in [3.05, 3.63) is 48.0 Å². The zero-order valence-corrected chi connectivity index (χ0v) is 11.3. The fourth-order valence-corrected chi connectivity index (χ4v) is 1.94. The maximum atomic E-state index is 10.2. The summed E-state index contributed by atoms with van der Waals surface area (Å²) in [7, 11) is 0. The lowest BCUT2D eigenvalue weighted by atomic mass is 10.0. The lowest BCUT2D eigenvalue weighted by Crippen LogP contribution is -2.38. The van der Waals surface area contributed by atoms with Crippen LogP contribution in [0, 0.1) is 0 Å². The van der Waals surface area contributed by atoms with Crippen LogP contribution in [0.25, 0.3) is 10.8 Å². The number of fused-ring (bicyclic) bond motifs is 1. The van der Waals surface area contributed by atoms with Crippen molar-refractivity contribution in [3.63, 3.8) is 0 Å². The minimum Gasteiger partial charge on any atom is -0.387 e. The molecule has 0 amide bonds. The van der Waals surface area contributed by atoms with Gasteiger partial charge in [0.15, 0.2) is 0 Å². The fourth-order valence-electron chi connectivity index (χ4n) is 1.94. The number of nitrogens with one attached hydrogen (secondary N) is 1. The first-order chi connectivity index (χ1) is 8.46. The molecule has 2 rings (SSSR count). The number of hydrogen-bond acceptors (Lipinski definition) is 2. The average Bonchev–Trinajstić information content (AvgIpc) is 2.34. The summed E-state index contributed by atoms with van der Waals surface area (Å²) in [4.78, 5) is 0. The van der Waals surface area contributed by atoms with Crippen molar-refractivity contribution in [1.82, 2.24) is 5.32 Å². The molecule has 0 bridgehead atoms. The number of hydrogen-bond donors (Lipinski definition) is 2. The van der Waals surface area contributed by atoms with Crippen molar-refractivity contribution < 1.29 is 5.11 Å². The van der Waals surface area contributed by atoms with E-state index in [2.05, 4.69) is 50.4 Å². The molecule has 2 nitrogen and oxygen atoms in total. The van der Waals surface area contributed by atoms with Gasteiger partial charge in [0.25, 0.3) is 0 Å². The van der Waals surface area contributed by atoms with Gasteiger partial charge in [-0.15, -0.1) is 0 Å². The molecule has 96 valence electrons. The molecule has 2 N–H and O–H groups in total. The Bertz CT molecular complexity index is 528. The van der Waals surface area contributed by atoms with E-state index in [0.717, 1.165) is 5.56 Å². The summed E-state index contributed by atoms with van der Waals surface area (Å²) in [5, 5.41) is 15.9. The highest BCUT2D eigenvalue weighted by Crippen LogP contribution is 2.20. The smallest absolute Gasteiger partial charge is 0.0914 e. The Labute approximate surface area is 109 Å². The van der Waals surface area contributed by atoms with Crippen LogP contribution in [0.2, 0.25) is 0 Å². The molecule has 0 aliphatic heterocycles. The van der Waals surface area contributed by atoms with Crippen LogP contribution in [0.15, 0.2) is 42.5 Å². The van der Waals surface area contributed by atoms with Crippen molar-refractivity contribution in [1.29, 1.82) is 0 Å². The van der Waals surface area contributed by atoms with Gasteiger partial charge in [0.1, 0.15) is 0 Å². The molecular formula is C16H21NO. The summed E-state index contributed by atoms with van der Waals surface area (Å²) in [6.07, 6.45) is -0.464. The lowest BCUT2D eigenvalue weighted by Gasteiger charge is -2.23. The Balaban J connectivity index is 2.15. The van der Waals surface area contributed by atoms with E-state index < -0.39 is 6.10 Å². The van der Waals surface area contributed by atoms with E-state index >= 15 is 0 Å². The molecule has 0 saturated carbocycles. The van der Waals surface area contributed by atoms with Gasteiger partial charge >= 0.3 is 0 Å². The predicted octanol–water partition coefficient (Wildman–Crippen LogP) is 3.26. The zero-order valence-electron chi connectivity index (χ0n) is 11.3. The van der Waals surface area contributed by atoms with Gasteiger partial charge in [-0.3, -0.25) is 0 Å². The van der Waals surface area contributed by atoms with Crippen LogP contribution >= 0.6 is 0 Å². The molecule has 18 heavy (non-hydrogen) atoms. The Kier molecular flexibility index (Phi) is 3.69. The fraction of sp³-hybridized carbons (Fsp3) is 0.375. The number of β-amino-alcohol motifs (C(OH)–C–C–N with tert-alkyl or cyclic N) is 1. The number of aliphatic hydroxyl groups is 1. The second-order valence-electron chi connectivity index (χ2n) is 5.75. The molecule has 1 atom stereocenters. The van der Waals surface area contributed by atoms with Crippen molar-refractivity contribution in [2.45, 2.75) is 32.4 Å². The number of aliphatic hydroxyl groups excluding tert-OH is 1. The van der Waals surface area contributed by atoms with Crippen LogP contribution in [0.5, 0.6) is 0 Å². The molecule has 0 fully saturated rings. The second kappa shape index (κ2) is 5.09. The number of rotatable bonds is 3. The Hall–Kier alpha value is -1.38. The molecule has 0 heterocycles. The maximum Gasteiger partial charge on any atom is 0.0914 e. The summed E-state index contributed by atoms with van der Waals surface area (Å²) in [5.74, 6) is 0. The first-order valence-electron chi connectivity index (χ1n) is 6.37. The van der Waals surface area contributed by atoms with Crippen LogP contribution in [0.4, 0.5) is 0 Å². The summed E-state index contributed by atoms with van der Waals surface area (Å²) in [6.45, 7) is 6.86. The van der Waals surface area contributed by atoms with Crippen LogP contribution in [-0.4, -0.2) is 17.2 Å². The third kappa shape index (κ3) is 3.31. The van der Waals surface area contributed by atoms with E-state index in [1.807, 2.05) is 18.2 Å². The Morgan fingerprint density at radius 1 is 1.06 bits per heavy atom. The Morgan fingerprint density at radius 2 is 1.72 bits per heavy atom. The summed E-state index contributed by atoms with van der Waals surface area (Å²) >= 11 is 0. The largest absolute Gasteiger partial charge is 0.387 e. The van der Waals surface area contributed by atoms with Gasteiger partial charge in [-0.05, 0) is 43.2 Å². The highest BCUT2D eigenvalue weighted by atomic mass is 16.3. The maximum absolute atomic E-state index is 10.2. The second-order valence-corrected chi connectivity index (χ2v) is 5.75. The standard InChI is InChI=1S/C16H21NO/c1-16(2,3)17-11-15(18)14-9-8-12-6-4-5-7-13(12)10-14/h4-10,15,17-18H,11H2,1-3H3/t15-/m0/s1. The van der Waals surface area contributed by atoms with Gasteiger partial charge in [-0.25, -0.2) is 0 Å². The van der Waals surface area contributed by atoms with Gasteiger partial charge < -0.3 is 10.4 Å². The SMILES string of the molecule is CC(C)(C)NC[C@H](O)c1ccc2ccccc2c1. The summed E-state index contributed by atoms with van der Waals surface area (Å²) < 4.78 is 0. The first-order valence-corrected chi connectivity index (χ1v) is 6.37. The molecule has 0 spiro atoms. The molecule has 0 saturated heterocycles. The van der Waals surface area contributed by atoms with Gasteiger partial charge in [-0.2, -0.15) is 0 Å². The van der Waals surface area contributed by atoms with E-state index in [0.29, 0.717) is 6.54 Å². The van der Waals surface area contributed by atoms with Gasteiger partial charge in [-0.1, -0.05) is 36.4 Å². The molecule has 0 aliphatic carbocycles. The summed E-state index contributed by atoms with van der Waals surface area (Å²) in [6, 6.07) is 14.3. The van der Waals surface area contributed by atoms with Crippen molar-refractivity contribution >= 4 is 10.8 Å². The topological polar surface area (TPSA) is 32.3 Å². The third-order valence-electron chi connectivity index (χ3n) is 2.98. The molecule has 2 heteroatoms. The molecule has 2 aromatic rings. The van der Waals surface area contributed by atoms with Crippen LogP contribution in [0.1, 0.15) is 32.4 Å². The quantitative estimate of drug-likeness (QED) is 0.867. The molecule has 0 aliphatic rings. The first kappa shape index (κ1) is 13.1. The highest BCUT2D eigenvalue weighted by molar-refractivity contribution is 5.83. The van der Waals surface area contributed by atoms with E-state index in [1.54, 1.807) is 0 Å². The van der Waals surface area contributed by atoms with Gasteiger partial charge in [0.05, 0.1) is 6.10 Å². The molecule has 0 aromatic heterocycles. The van der Waals surface area contributed by atoms with E-state index in [1.165, 1.54) is 10.8 Å². The van der Waals surface area contributed by atoms with Gasteiger partial charge in [0.2, 0.25) is 0 Å². The van der Waals surface area contributed by atoms with E-state index in [9.17, 15) is 5.11 Å². The average molecular weight is 243 g/mol. The van der Waals surface area contributed by atoms with E-state index in [4.69, 9.17) is 0 Å². The molecule has 0 unspecified atom stereocenters. The molecule has 2 aromatic carbocycles. The highest BCUT2D eigenvalue weighted by Gasteiger charge is 2.13. The lowest BCUT2D eigenvalue weighted by molar-refractivity contribution is 0.163. The van der Waals surface area contributed by atoms with Crippen molar-refractivity contribution in [2.75, 3.05) is 6.54 Å². The predicted molar refractivity (Wildman–Crippen MR) is 76.7 cm³/mol. The Morgan fingerprint density at radius 3 is 2.39 bits per heavy atom. The van der Waals surface area contributed by atoms with Crippen molar-refractivity contribution in [3.8, 4) is 0 Å². The van der Waals surface area contributed by atoms with E-state index in [-0.39, 0.29) is 5.54 Å². The van der Waals surface area contributed by atoms with Crippen molar-refractivity contribution in [2.24, 2.45) is 0 Å². The summed E-state index contributed by atoms with van der Waals surface area (Å²) in [5.41, 5.74) is 0.989. The number of benzene rings is 2.